The Labute approximate surface area is 116 Å². The van der Waals surface area contributed by atoms with Crippen LogP contribution in [0.1, 0.15) is 36.7 Å². The van der Waals surface area contributed by atoms with E-state index in [1.807, 2.05) is 17.7 Å². The summed E-state index contributed by atoms with van der Waals surface area (Å²) in [7, 11) is 1.97. The van der Waals surface area contributed by atoms with Gasteiger partial charge in [-0.15, -0.1) is 0 Å². The van der Waals surface area contributed by atoms with Crippen molar-refractivity contribution in [2.75, 3.05) is 19.6 Å². The SMILES string of the molecule is CCC[C@H]1CNCCN1Cc1cc(C#N)n(C)c1C. The van der Waals surface area contributed by atoms with Gasteiger partial charge in [-0.3, -0.25) is 4.90 Å². The van der Waals surface area contributed by atoms with Crippen molar-refractivity contribution in [3.63, 3.8) is 0 Å². The Bertz CT molecular complexity index is 467. The van der Waals surface area contributed by atoms with Crippen molar-refractivity contribution >= 4 is 0 Å². The second-order valence-corrected chi connectivity index (χ2v) is 5.43. The van der Waals surface area contributed by atoms with E-state index in [1.54, 1.807) is 0 Å². The van der Waals surface area contributed by atoms with Crippen molar-refractivity contribution in [2.45, 2.75) is 39.3 Å². The summed E-state index contributed by atoms with van der Waals surface area (Å²) < 4.78 is 1.99. The molecule has 0 radical (unpaired) electrons. The van der Waals surface area contributed by atoms with Gasteiger partial charge in [0.1, 0.15) is 11.8 Å². The van der Waals surface area contributed by atoms with E-state index in [1.165, 1.54) is 24.1 Å². The van der Waals surface area contributed by atoms with E-state index in [9.17, 15) is 0 Å². The van der Waals surface area contributed by atoms with Crippen molar-refractivity contribution in [1.29, 1.82) is 5.26 Å². The monoisotopic (exact) mass is 260 g/mol. The number of nitrogens with zero attached hydrogens (tertiary/aromatic N) is 3. The lowest BCUT2D eigenvalue weighted by Crippen LogP contribution is -2.50. The van der Waals surface area contributed by atoms with E-state index in [0.717, 1.165) is 31.9 Å². The molecule has 2 heterocycles. The largest absolute Gasteiger partial charge is 0.340 e. The lowest BCUT2D eigenvalue weighted by molar-refractivity contribution is 0.144. The fourth-order valence-electron chi connectivity index (χ4n) is 2.88. The van der Waals surface area contributed by atoms with Gasteiger partial charge in [-0.25, -0.2) is 0 Å². The van der Waals surface area contributed by atoms with Gasteiger partial charge in [0.05, 0.1) is 0 Å². The molecule has 1 aliphatic rings. The molecule has 0 bridgehead atoms. The Morgan fingerprint density at radius 2 is 2.32 bits per heavy atom. The third-order valence-corrected chi connectivity index (χ3v) is 4.22. The van der Waals surface area contributed by atoms with Crippen LogP contribution in [0, 0.1) is 18.3 Å². The number of rotatable bonds is 4. The average Bonchev–Trinajstić information content (AvgIpc) is 2.69. The first-order valence-electron chi connectivity index (χ1n) is 7.17. The average molecular weight is 260 g/mol. The minimum Gasteiger partial charge on any atom is -0.340 e. The highest BCUT2D eigenvalue weighted by Crippen LogP contribution is 2.19. The number of nitrogens with one attached hydrogen (secondary N) is 1. The van der Waals surface area contributed by atoms with E-state index in [0.29, 0.717) is 6.04 Å². The van der Waals surface area contributed by atoms with Crippen molar-refractivity contribution in [2.24, 2.45) is 7.05 Å². The fraction of sp³-hybridized carbons (Fsp3) is 0.667. The first-order valence-corrected chi connectivity index (χ1v) is 7.17. The first-order chi connectivity index (χ1) is 9.17. The zero-order chi connectivity index (χ0) is 13.8. The molecule has 1 aliphatic heterocycles. The quantitative estimate of drug-likeness (QED) is 0.897. The number of nitriles is 1. The molecule has 0 aliphatic carbocycles. The number of piperazine rings is 1. The molecular weight excluding hydrogens is 236 g/mol. The predicted octanol–water partition coefficient (Wildman–Crippen LogP) is 1.78. The third kappa shape index (κ3) is 2.99. The van der Waals surface area contributed by atoms with E-state index in [2.05, 4.69) is 30.1 Å². The highest BCUT2D eigenvalue weighted by atomic mass is 15.2. The van der Waals surface area contributed by atoms with Gasteiger partial charge in [0.15, 0.2) is 0 Å². The summed E-state index contributed by atoms with van der Waals surface area (Å²) in [5.41, 5.74) is 3.27. The molecule has 0 amide bonds. The smallest absolute Gasteiger partial charge is 0.120 e. The molecule has 1 aromatic heterocycles. The van der Waals surface area contributed by atoms with Gasteiger partial charge in [0.2, 0.25) is 0 Å². The van der Waals surface area contributed by atoms with E-state index in [4.69, 9.17) is 5.26 Å². The lowest BCUT2D eigenvalue weighted by Gasteiger charge is -2.36. The van der Waals surface area contributed by atoms with Crippen LogP contribution in [0.2, 0.25) is 0 Å². The summed E-state index contributed by atoms with van der Waals surface area (Å²) in [4.78, 5) is 2.56. The Balaban J connectivity index is 2.13. The normalized spacial score (nSPS) is 20.4. The summed E-state index contributed by atoms with van der Waals surface area (Å²) in [5, 5.41) is 12.6. The Morgan fingerprint density at radius 3 is 2.95 bits per heavy atom. The maximum absolute atomic E-state index is 9.10. The molecule has 0 aromatic carbocycles. The molecular formula is C15H24N4. The predicted molar refractivity (Wildman–Crippen MR) is 76.8 cm³/mol. The van der Waals surface area contributed by atoms with Gasteiger partial charge in [-0.05, 0) is 25.0 Å². The van der Waals surface area contributed by atoms with Crippen LogP contribution in [-0.4, -0.2) is 35.1 Å². The van der Waals surface area contributed by atoms with Gasteiger partial charge >= 0.3 is 0 Å². The topological polar surface area (TPSA) is 44.0 Å². The van der Waals surface area contributed by atoms with Gasteiger partial charge in [-0.1, -0.05) is 13.3 Å². The Hall–Kier alpha value is -1.31. The highest BCUT2D eigenvalue weighted by molar-refractivity contribution is 5.34. The van der Waals surface area contributed by atoms with Crippen molar-refractivity contribution in [1.82, 2.24) is 14.8 Å². The molecule has 104 valence electrons. The van der Waals surface area contributed by atoms with E-state index < -0.39 is 0 Å². The van der Waals surface area contributed by atoms with Crippen LogP contribution in [0.25, 0.3) is 0 Å². The number of hydrogen-bond donors (Lipinski definition) is 1. The molecule has 4 heteroatoms. The molecule has 1 aromatic rings. The highest BCUT2D eigenvalue weighted by Gasteiger charge is 2.22. The number of hydrogen-bond acceptors (Lipinski definition) is 3. The lowest BCUT2D eigenvalue weighted by atomic mass is 10.1. The van der Waals surface area contributed by atoms with Gasteiger partial charge < -0.3 is 9.88 Å². The Morgan fingerprint density at radius 1 is 1.53 bits per heavy atom. The summed E-state index contributed by atoms with van der Waals surface area (Å²) in [6, 6.07) is 4.93. The van der Waals surface area contributed by atoms with Gasteiger partial charge in [-0.2, -0.15) is 5.26 Å². The molecule has 19 heavy (non-hydrogen) atoms. The maximum Gasteiger partial charge on any atom is 0.120 e. The van der Waals surface area contributed by atoms with Gasteiger partial charge in [0, 0.05) is 45.0 Å². The summed E-state index contributed by atoms with van der Waals surface area (Å²) >= 11 is 0. The van der Waals surface area contributed by atoms with Crippen molar-refractivity contribution in [3.05, 3.63) is 23.0 Å². The second kappa shape index (κ2) is 6.23. The molecule has 2 rings (SSSR count). The Kier molecular flexibility index (Phi) is 4.62. The molecule has 0 spiro atoms. The fourth-order valence-corrected chi connectivity index (χ4v) is 2.88. The molecule has 0 saturated carbocycles. The molecule has 1 fully saturated rings. The van der Waals surface area contributed by atoms with Crippen LogP contribution in [0.15, 0.2) is 6.07 Å². The van der Waals surface area contributed by atoms with Crippen molar-refractivity contribution in [3.8, 4) is 6.07 Å². The third-order valence-electron chi connectivity index (χ3n) is 4.22. The molecule has 0 unspecified atom stereocenters. The van der Waals surface area contributed by atoms with Crippen molar-refractivity contribution < 1.29 is 0 Å². The second-order valence-electron chi connectivity index (χ2n) is 5.43. The minimum atomic E-state index is 0.629. The van der Waals surface area contributed by atoms with Crippen LogP contribution in [0.5, 0.6) is 0 Å². The minimum absolute atomic E-state index is 0.629. The first kappa shape index (κ1) is 14.1. The molecule has 1 N–H and O–H groups in total. The summed E-state index contributed by atoms with van der Waals surface area (Å²) in [5.74, 6) is 0. The van der Waals surface area contributed by atoms with Crippen LogP contribution in [0.3, 0.4) is 0 Å². The zero-order valence-electron chi connectivity index (χ0n) is 12.2. The maximum atomic E-state index is 9.10. The van der Waals surface area contributed by atoms with E-state index in [-0.39, 0.29) is 0 Å². The molecule has 1 atom stereocenters. The summed E-state index contributed by atoms with van der Waals surface area (Å²) in [6.07, 6.45) is 2.46. The zero-order valence-corrected chi connectivity index (χ0v) is 12.2. The summed E-state index contributed by atoms with van der Waals surface area (Å²) in [6.45, 7) is 8.57. The number of aromatic nitrogens is 1. The molecule has 1 saturated heterocycles. The molecule has 4 nitrogen and oxygen atoms in total. The van der Waals surface area contributed by atoms with Gasteiger partial charge in [0.25, 0.3) is 0 Å². The van der Waals surface area contributed by atoms with E-state index >= 15 is 0 Å². The van der Waals surface area contributed by atoms with Crippen LogP contribution in [0.4, 0.5) is 0 Å². The van der Waals surface area contributed by atoms with Crippen LogP contribution < -0.4 is 5.32 Å². The van der Waals surface area contributed by atoms with Crippen LogP contribution >= 0.6 is 0 Å². The standard InChI is InChI=1S/C15H24N4/c1-4-5-14-10-17-6-7-19(14)11-13-8-15(9-16)18(3)12(13)2/h8,14,17H,4-7,10-11H2,1-3H3/t14-/m0/s1. The van der Waals surface area contributed by atoms with Crippen LogP contribution in [-0.2, 0) is 13.6 Å².